The number of aliphatic hydroxyl groups is 1. The highest BCUT2D eigenvalue weighted by Gasteiger charge is 2.12. The first-order valence-corrected chi connectivity index (χ1v) is 5.70. The van der Waals surface area contributed by atoms with Crippen molar-refractivity contribution in [2.45, 2.75) is 19.4 Å². The third kappa shape index (κ3) is 3.37. The maximum Gasteiger partial charge on any atom is 0.251 e. The van der Waals surface area contributed by atoms with Gasteiger partial charge in [-0.15, -0.1) is 0 Å². The van der Waals surface area contributed by atoms with Gasteiger partial charge in [-0.25, -0.2) is 0 Å². The number of amides is 1. The molecule has 0 aromatic heterocycles. The molecule has 2 N–H and O–H groups in total. The van der Waals surface area contributed by atoms with Gasteiger partial charge >= 0.3 is 0 Å². The van der Waals surface area contributed by atoms with Crippen LogP contribution in [-0.4, -0.2) is 23.7 Å². The molecule has 0 fully saturated rings. The lowest BCUT2D eigenvalue weighted by molar-refractivity contribution is 0.0915. The van der Waals surface area contributed by atoms with Crippen LogP contribution in [0.1, 0.15) is 23.7 Å². The molecule has 0 heterocycles. The molecule has 0 radical (unpaired) electrons. The van der Waals surface area contributed by atoms with Gasteiger partial charge < -0.3 is 10.4 Å². The van der Waals surface area contributed by atoms with Gasteiger partial charge in [0.25, 0.3) is 5.91 Å². The Morgan fingerprint density at radius 3 is 2.62 bits per heavy atom. The van der Waals surface area contributed by atoms with Crippen molar-refractivity contribution in [3.8, 4) is 0 Å². The van der Waals surface area contributed by atoms with E-state index in [4.69, 9.17) is 28.3 Å². The van der Waals surface area contributed by atoms with Gasteiger partial charge in [0.05, 0.1) is 22.7 Å². The summed E-state index contributed by atoms with van der Waals surface area (Å²) in [6.07, 6.45) is 0.670. The average molecular weight is 262 g/mol. The molecule has 0 saturated heterocycles. The summed E-state index contributed by atoms with van der Waals surface area (Å²) in [6.45, 7) is 1.81. The lowest BCUT2D eigenvalue weighted by Crippen LogP contribution is -2.36. The zero-order valence-electron chi connectivity index (χ0n) is 8.84. The maximum absolute atomic E-state index is 11.7. The summed E-state index contributed by atoms with van der Waals surface area (Å²) in [6, 6.07) is 4.43. The third-order valence-electron chi connectivity index (χ3n) is 2.23. The van der Waals surface area contributed by atoms with Crippen LogP contribution in [-0.2, 0) is 0 Å². The number of benzene rings is 1. The van der Waals surface area contributed by atoms with Crippen LogP contribution >= 0.6 is 23.2 Å². The second kappa shape index (κ2) is 6.09. The number of hydrogen-bond acceptors (Lipinski definition) is 2. The summed E-state index contributed by atoms with van der Waals surface area (Å²) < 4.78 is 0. The maximum atomic E-state index is 11.7. The van der Waals surface area contributed by atoms with Crippen molar-refractivity contribution >= 4 is 29.1 Å². The highest BCUT2D eigenvalue weighted by Crippen LogP contribution is 2.22. The van der Waals surface area contributed by atoms with Crippen LogP contribution in [0.3, 0.4) is 0 Å². The summed E-state index contributed by atoms with van der Waals surface area (Å²) in [4.78, 5) is 11.7. The van der Waals surface area contributed by atoms with Crippen LogP contribution in [0.2, 0.25) is 10.0 Å². The minimum Gasteiger partial charge on any atom is -0.394 e. The van der Waals surface area contributed by atoms with E-state index in [1.807, 2.05) is 6.92 Å². The molecule has 0 unspecified atom stereocenters. The standard InChI is InChI=1S/C11H13Cl2NO2/c1-2-8(6-15)14-11(16)7-3-4-9(12)10(13)5-7/h3-5,8,15H,2,6H2,1H3,(H,14,16)/t8-/m0/s1. The Balaban J connectivity index is 2.76. The first kappa shape index (κ1) is 13.3. The normalized spacial score (nSPS) is 12.2. The van der Waals surface area contributed by atoms with Crippen molar-refractivity contribution < 1.29 is 9.90 Å². The second-order valence-corrected chi connectivity index (χ2v) is 4.20. The molecule has 0 aliphatic rings. The van der Waals surface area contributed by atoms with Crippen molar-refractivity contribution in [3.63, 3.8) is 0 Å². The smallest absolute Gasteiger partial charge is 0.251 e. The lowest BCUT2D eigenvalue weighted by atomic mass is 10.2. The Morgan fingerprint density at radius 1 is 1.44 bits per heavy atom. The van der Waals surface area contributed by atoms with Gasteiger partial charge in [0.1, 0.15) is 0 Å². The van der Waals surface area contributed by atoms with E-state index in [1.165, 1.54) is 6.07 Å². The van der Waals surface area contributed by atoms with E-state index in [1.54, 1.807) is 12.1 Å². The number of aliphatic hydroxyl groups excluding tert-OH is 1. The van der Waals surface area contributed by atoms with Crippen LogP contribution in [0.5, 0.6) is 0 Å². The zero-order valence-corrected chi connectivity index (χ0v) is 10.3. The van der Waals surface area contributed by atoms with Gasteiger partial charge in [-0.2, -0.15) is 0 Å². The minimum atomic E-state index is -0.264. The molecular formula is C11H13Cl2NO2. The summed E-state index contributed by atoms with van der Waals surface area (Å²) in [5.74, 6) is -0.264. The van der Waals surface area contributed by atoms with E-state index < -0.39 is 0 Å². The van der Waals surface area contributed by atoms with Crippen molar-refractivity contribution in [1.29, 1.82) is 0 Å². The van der Waals surface area contributed by atoms with E-state index in [-0.39, 0.29) is 18.6 Å². The first-order chi connectivity index (χ1) is 7.58. The Labute approximate surface area is 104 Å². The number of nitrogens with one attached hydrogen (secondary N) is 1. The quantitative estimate of drug-likeness (QED) is 0.875. The number of rotatable bonds is 4. The molecule has 1 rings (SSSR count). The van der Waals surface area contributed by atoms with Crippen LogP contribution < -0.4 is 5.32 Å². The molecule has 0 aliphatic heterocycles. The third-order valence-corrected chi connectivity index (χ3v) is 2.97. The number of hydrogen-bond donors (Lipinski definition) is 2. The minimum absolute atomic E-state index is 0.0798. The van der Waals surface area contributed by atoms with E-state index >= 15 is 0 Å². The van der Waals surface area contributed by atoms with Gasteiger partial charge in [-0.1, -0.05) is 30.1 Å². The van der Waals surface area contributed by atoms with Gasteiger partial charge in [0.2, 0.25) is 0 Å². The number of carbonyl (C=O) groups excluding carboxylic acids is 1. The van der Waals surface area contributed by atoms with Gasteiger partial charge in [0, 0.05) is 5.56 Å². The Morgan fingerprint density at radius 2 is 2.12 bits per heavy atom. The number of carbonyl (C=O) groups is 1. The fraction of sp³-hybridized carbons (Fsp3) is 0.364. The Hall–Kier alpha value is -0.770. The highest BCUT2D eigenvalue weighted by atomic mass is 35.5. The zero-order chi connectivity index (χ0) is 12.1. The highest BCUT2D eigenvalue weighted by molar-refractivity contribution is 6.42. The summed E-state index contributed by atoms with van der Waals surface area (Å²) in [7, 11) is 0. The first-order valence-electron chi connectivity index (χ1n) is 4.95. The molecule has 1 atom stereocenters. The molecule has 3 nitrogen and oxygen atoms in total. The Kier molecular flexibility index (Phi) is 5.06. The fourth-order valence-electron chi connectivity index (χ4n) is 1.18. The van der Waals surface area contributed by atoms with Crippen LogP contribution in [0, 0.1) is 0 Å². The van der Waals surface area contributed by atoms with Gasteiger partial charge in [-0.05, 0) is 24.6 Å². The SMILES string of the molecule is CC[C@@H](CO)NC(=O)c1ccc(Cl)c(Cl)c1. The molecule has 0 aliphatic carbocycles. The van der Waals surface area contributed by atoms with E-state index in [2.05, 4.69) is 5.32 Å². The molecule has 0 spiro atoms. The van der Waals surface area contributed by atoms with Crippen molar-refractivity contribution in [1.82, 2.24) is 5.32 Å². The molecule has 0 saturated carbocycles. The lowest BCUT2D eigenvalue weighted by Gasteiger charge is -2.14. The van der Waals surface area contributed by atoms with E-state index in [9.17, 15) is 4.79 Å². The summed E-state index contributed by atoms with van der Waals surface area (Å²) in [5, 5.41) is 12.4. The molecule has 1 aromatic carbocycles. The van der Waals surface area contributed by atoms with E-state index in [0.29, 0.717) is 22.0 Å². The van der Waals surface area contributed by atoms with Crippen LogP contribution in [0.15, 0.2) is 18.2 Å². The summed E-state index contributed by atoms with van der Waals surface area (Å²) >= 11 is 11.5. The predicted molar refractivity (Wildman–Crippen MR) is 65.1 cm³/mol. The van der Waals surface area contributed by atoms with Gasteiger partial charge in [0.15, 0.2) is 0 Å². The monoisotopic (exact) mass is 261 g/mol. The molecule has 0 bridgehead atoms. The molecule has 88 valence electrons. The molecule has 1 aromatic rings. The van der Waals surface area contributed by atoms with Crippen LogP contribution in [0.4, 0.5) is 0 Å². The molecular weight excluding hydrogens is 249 g/mol. The molecule has 16 heavy (non-hydrogen) atoms. The van der Waals surface area contributed by atoms with Crippen LogP contribution in [0.25, 0.3) is 0 Å². The van der Waals surface area contributed by atoms with Crippen molar-refractivity contribution in [2.75, 3.05) is 6.61 Å². The number of halogens is 2. The van der Waals surface area contributed by atoms with E-state index in [0.717, 1.165) is 0 Å². The predicted octanol–water partition coefficient (Wildman–Crippen LogP) is 2.49. The molecule has 1 amide bonds. The van der Waals surface area contributed by atoms with Crippen molar-refractivity contribution in [3.05, 3.63) is 33.8 Å². The Bertz CT molecular complexity index is 378. The average Bonchev–Trinajstić information content (AvgIpc) is 2.29. The topological polar surface area (TPSA) is 49.3 Å². The molecule has 5 heteroatoms. The van der Waals surface area contributed by atoms with Crippen molar-refractivity contribution in [2.24, 2.45) is 0 Å². The fourth-order valence-corrected chi connectivity index (χ4v) is 1.48. The second-order valence-electron chi connectivity index (χ2n) is 3.39. The summed E-state index contributed by atoms with van der Waals surface area (Å²) in [5.41, 5.74) is 0.432. The van der Waals surface area contributed by atoms with Gasteiger partial charge in [-0.3, -0.25) is 4.79 Å². The largest absolute Gasteiger partial charge is 0.394 e.